The van der Waals surface area contributed by atoms with Gasteiger partial charge in [-0.05, 0) is 84.8 Å². The van der Waals surface area contributed by atoms with Crippen LogP contribution in [0.3, 0.4) is 0 Å². The predicted molar refractivity (Wildman–Crippen MR) is 235 cm³/mol. The second-order valence-corrected chi connectivity index (χ2v) is 17.0. The van der Waals surface area contributed by atoms with Crippen LogP contribution in [-0.2, 0) is 29.7 Å². The molecular weight excluding hydrogens is 799 g/mol. The Morgan fingerprint density at radius 2 is 1.73 bits per heavy atom. The number of piperazine rings is 1. The third-order valence-electron chi connectivity index (χ3n) is 13.0. The fourth-order valence-corrected chi connectivity index (χ4v) is 9.14. The minimum absolute atomic E-state index is 0.0482. The first kappa shape index (κ1) is 41.5. The van der Waals surface area contributed by atoms with Crippen LogP contribution in [0.2, 0.25) is 0 Å². The van der Waals surface area contributed by atoms with E-state index in [0.29, 0.717) is 73.3 Å². The molecule has 3 saturated heterocycles. The van der Waals surface area contributed by atoms with E-state index in [1.54, 1.807) is 17.2 Å². The molecule has 0 spiro atoms. The molecule has 2 unspecified atom stereocenters. The van der Waals surface area contributed by atoms with Gasteiger partial charge in [-0.2, -0.15) is 0 Å². The Balaban J connectivity index is 0.707. The predicted octanol–water partition coefficient (Wildman–Crippen LogP) is 4.45. The second-order valence-electron chi connectivity index (χ2n) is 17.0. The molecule has 2 aromatic heterocycles. The number of piperidine rings is 1. The Hall–Kier alpha value is -6.81. The van der Waals surface area contributed by atoms with Crippen molar-refractivity contribution < 1.29 is 24.0 Å². The number of carbonyl (C=O) groups excluding carboxylic acids is 5. The lowest BCUT2D eigenvalue weighted by atomic mass is 9.92. The molecule has 4 aliphatic heterocycles. The van der Waals surface area contributed by atoms with Gasteiger partial charge in [0.25, 0.3) is 11.8 Å². The van der Waals surface area contributed by atoms with E-state index in [-0.39, 0.29) is 35.8 Å². The third kappa shape index (κ3) is 8.80. The lowest BCUT2D eigenvalue weighted by molar-refractivity contribution is -0.136. The number of carbonyl (C=O) groups is 5. The van der Waals surface area contributed by atoms with Crippen molar-refractivity contribution in [2.24, 2.45) is 7.05 Å². The Morgan fingerprint density at radius 1 is 0.921 bits per heavy atom. The van der Waals surface area contributed by atoms with E-state index in [1.165, 1.54) is 6.33 Å². The summed E-state index contributed by atoms with van der Waals surface area (Å²) in [4.78, 5) is 80.7. The van der Waals surface area contributed by atoms with Crippen LogP contribution >= 0.6 is 0 Å². The molecule has 16 heteroatoms. The SMILES string of the molecule is CC(CCCC(=O)c1cccc(NCc2nnc(-c3ccncn3)n2C)c1)c1cccc(C(=O)N2CC(N3CCN(c4ccc5c(c4)CN(C4CCC(=O)NC4=O)C5=O)CC3)C2)c1. The smallest absolute Gasteiger partial charge is 0.255 e. The fourth-order valence-electron chi connectivity index (χ4n) is 9.14. The summed E-state index contributed by atoms with van der Waals surface area (Å²) < 4.78 is 1.88. The van der Waals surface area contributed by atoms with E-state index in [4.69, 9.17) is 0 Å². The molecule has 3 fully saturated rings. The van der Waals surface area contributed by atoms with Crippen molar-refractivity contribution >= 4 is 40.8 Å². The molecule has 5 aromatic rings. The number of nitrogens with zero attached hydrogens (tertiary/aromatic N) is 9. The summed E-state index contributed by atoms with van der Waals surface area (Å²) >= 11 is 0. The van der Waals surface area contributed by atoms with Crippen molar-refractivity contribution in [3.8, 4) is 11.5 Å². The van der Waals surface area contributed by atoms with Crippen LogP contribution in [0, 0.1) is 0 Å². The van der Waals surface area contributed by atoms with Crippen LogP contribution in [0.25, 0.3) is 11.5 Å². The van der Waals surface area contributed by atoms with E-state index in [1.807, 2.05) is 71.1 Å². The molecule has 0 bridgehead atoms. The first-order valence-electron chi connectivity index (χ1n) is 21.8. The first-order chi connectivity index (χ1) is 30.6. The zero-order chi connectivity index (χ0) is 43.6. The number of hydrogen-bond acceptors (Lipinski definition) is 12. The van der Waals surface area contributed by atoms with Crippen molar-refractivity contribution in [1.29, 1.82) is 0 Å². The van der Waals surface area contributed by atoms with Crippen molar-refractivity contribution in [2.45, 2.75) is 70.1 Å². The summed E-state index contributed by atoms with van der Waals surface area (Å²) in [6.07, 6.45) is 5.72. The van der Waals surface area contributed by atoms with Gasteiger partial charge >= 0.3 is 0 Å². The number of fused-ring (bicyclic) bond motifs is 1. The number of amides is 4. The van der Waals surface area contributed by atoms with Gasteiger partial charge in [-0.15, -0.1) is 10.2 Å². The van der Waals surface area contributed by atoms with E-state index >= 15 is 0 Å². The standard InChI is InChI=1S/C47H51N11O5/c1-30(6-3-11-41(59)32-8-5-10-35(23-32)49-25-42-52-53-44(54(42)2)39-16-17-48-29-50-39)31-7-4-9-33(22-31)46(62)57-27-37(28-57)56-20-18-55(19-21-56)36-12-13-38-34(24-36)26-58(47(38)63)40-14-15-43(60)51-45(40)61/h4-5,7-10,12-13,16-17,22-24,29-30,37,40,49H,3,6,11,14-15,18-21,25-28H2,1-2H3,(H,51,60,61). The molecule has 4 amide bonds. The summed E-state index contributed by atoms with van der Waals surface area (Å²) in [5.74, 6) is 0.857. The Morgan fingerprint density at radius 3 is 2.52 bits per heavy atom. The molecular formula is C47H51N11O5. The van der Waals surface area contributed by atoms with E-state index in [2.05, 4.69) is 59.7 Å². The van der Waals surface area contributed by atoms with Crippen LogP contribution in [0.15, 0.2) is 85.3 Å². The maximum atomic E-state index is 13.6. The second kappa shape index (κ2) is 17.9. The summed E-state index contributed by atoms with van der Waals surface area (Å²) in [5, 5.41) is 14.3. The maximum Gasteiger partial charge on any atom is 0.255 e. The Labute approximate surface area is 365 Å². The zero-order valence-electron chi connectivity index (χ0n) is 35.6. The highest BCUT2D eigenvalue weighted by atomic mass is 16.2. The average molecular weight is 850 g/mol. The first-order valence-corrected chi connectivity index (χ1v) is 21.8. The van der Waals surface area contributed by atoms with Gasteiger partial charge in [-0.1, -0.05) is 31.2 Å². The van der Waals surface area contributed by atoms with Crippen LogP contribution in [-0.4, -0.2) is 120 Å². The molecule has 4 aliphatic rings. The fraction of sp³-hybridized carbons (Fsp3) is 0.383. The lowest BCUT2D eigenvalue weighted by Crippen LogP contribution is -2.64. The van der Waals surface area contributed by atoms with Crippen LogP contribution in [0.4, 0.5) is 11.4 Å². The number of benzene rings is 3. The maximum absolute atomic E-state index is 13.6. The number of Topliss-reactive ketones (excluding diaryl/α,β-unsaturated/α-hetero) is 1. The summed E-state index contributed by atoms with van der Waals surface area (Å²) in [7, 11) is 1.89. The molecule has 2 atom stereocenters. The zero-order valence-corrected chi connectivity index (χ0v) is 35.6. The van der Waals surface area contributed by atoms with Gasteiger partial charge in [-0.25, -0.2) is 9.97 Å². The lowest BCUT2D eigenvalue weighted by Gasteiger charge is -2.48. The highest BCUT2D eigenvalue weighted by Crippen LogP contribution is 2.32. The molecule has 3 aromatic carbocycles. The monoisotopic (exact) mass is 849 g/mol. The van der Waals surface area contributed by atoms with Crippen molar-refractivity contribution in [2.75, 3.05) is 49.5 Å². The molecule has 0 radical (unpaired) electrons. The molecule has 63 heavy (non-hydrogen) atoms. The van der Waals surface area contributed by atoms with Gasteiger partial charge in [0.05, 0.1) is 6.54 Å². The van der Waals surface area contributed by atoms with E-state index < -0.39 is 11.9 Å². The summed E-state index contributed by atoms with van der Waals surface area (Å²) in [5.41, 5.74) is 6.55. The number of likely N-dealkylation sites (tertiary alicyclic amines) is 1. The van der Waals surface area contributed by atoms with Gasteiger partial charge in [0.2, 0.25) is 11.8 Å². The Kier molecular flexibility index (Phi) is 11.8. The van der Waals surface area contributed by atoms with Gasteiger partial charge in [0.1, 0.15) is 18.1 Å². The normalized spacial score (nSPS) is 18.5. The van der Waals surface area contributed by atoms with Crippen molar-refractivity contribution in [3.05, 3.63) is 119 Å². The van der Waals surface area contributed by atoms with Gasteiger partial charge in [0.15, 0.2) is 17.4 Å². The number of imide groups is 1. The number of nitrogens with one attached hydrogen (secondary N) is 2. The van der Waals surface area contributed by atoms with Gasteiger partial charge < -0.3 is 24.6 Å². The van der Waals surface area contributed by atoms with E-state index in [0.717, 1.165) is 67.3 Å². The topological polar surface area (TPSA) is 179 Å². The highest BCUT2D eigenvalue weighted by molar-refractivity contribution is 6.05. The largest absolute Gasteiger partial charge is 0.378 e. The van der Waals surface area contributed by atoms with Gasteiger partial charge in [0, 0.05) is 106 Å². The number of ketones is 1. The number of hydrogen-bond donors (Lipinski definition) is 2. The average Bonchev–Trinajstić information content (AvgIpc) is 3.83. The minimum atomic E-state index is -0.625. The Bertz CT molecular complexity index is 2550. The quantitative estimate of drug-likeness (QED) is 0.119. The molecule has 0 saturated carbocycles. The van der Waals surface area contributed by atoms with Gasteiger partial charge in [-0.3, -0.25) is 34.2 Å². The molecule has 0 aliphatic carbocycles. The molecule has 324 valence electrons. The van der Waals surface area contributed by atoms with Crippen LogP contribution in [0.5, 0.6) is 0 Å². The van der Waals surface area contributed by atoms with Crippen molar-refractivity contribution in [1.82, 2.24) is 44.7 Å². The molecule has 6 heterocycles. The molecule has 2 N–H and O–H groups in total. The molecule has 9 rings (SSSR count). The van der Waals surface area contributed by atoms with Crippen LogP contribution in [0.1, 0.15) is 93.0 Å². The third-order valence-corrected chi connectivity index (χ3v) is 13.0. The number of rotatable bonds is 14. The highest BCUT2D eigenvalue weighted by Gasteiger charge is 2.40. The van der Waals surface area contributed by atoms with E-state index in [9.17, 15) is 24.0 Å². The summed E-state index contributed by atoms with van der Waals surface area (Å²) in [6, 6.07) is 22.9. The number of anilines is 2. The van der Waals surface area contributed by atoms with Crippen molar-refractivity contribution in [3.63, 3.8) is 0 Å². The minimum Gasteiger partial charge on any atom is -0.378 e. The molecule has 16 nitrogen and oxygen atoms in total. The number of aromatic nitrogens is 5. The summed E-state index contributed by atoms with van der Waals surface area (Å²) in [6.45, 7) is 7.75. The van der Waals surface area contributed by atoms with Crippen LogP contribution < -0.4 is 15.5 Å².